The first-order valence-corrected chi connectivity index (χ1v) is 8.20. The van der Waals surface area contributed by atoms with Crippen LogP contribution in [-0.4, -0.2) is 9.97 Å². The number of nitrogens with two attached hydrogens (primary N) is 1. The molecule has 25 heavy (non-hydrogen) atoms. The molecule has 0 spiro atoms. The molecule has 0 fully saturated rings. The number of nitrogens with zero attached hydrogens (tertiary/aromatic N) is 1. The smallest absolute Gasteiger partial charge is 0.134 e. The molecule has 2 aromatic heterocycles. The van der Waals surface area contributed by atoms with Crippen LogP contribution in [-0.2, 0) is 0 Å². The summed E-state index contributed by atoms with van der Waals surface area (Å²) >= 11 is 6.17. The lowest BCUT2D eigenvalue weighted by Gasteiger charge is -2.06. The van der Waals surface area contributed by atoms with E-state index in [1.54, 1.807) is 18.3 Å². The lowest BCUT2D eigenvalue weighted by molar-refractivity contribution is 0.631. The average Bonchev–Trinajstić information content (AvgIpc) is 2.97. The molecule has 124 valence electrons. The second-order valence-corrected chi connectivity index (χ2v) is 6.41. The van der Waals surface area contributed by atoms with Crippen molar-refractivity contribution in [2.45, 2.75) is 6.92 Å². The van der Waals surface area contributed by atoms with E-state index in [4.69, 9.17) is 17.3 Å². The molecule has 0 atom stereocenters. The Balaban J connectivity index is 1.85. The molecule has 3 nitrogen and oxygen atoms in total. The Morgan fingerprint density at radius 2 is 1.96 bits per heavy atom. The molecule has 0 amide bonds. The number of hydrogen-bond acceptors (Lipinski definition) is 2. The molecular formula is C20H15ClFN3. The van der Waals surface area contributed by atoms with Gasteiger partial charge in [0.15, 0.2) is 0 Å². The Hall–Kier alpha value is -2.85. The second kappa shape index (κ2) is 5.90. The number of H-pyrrole nitrogens is 1. The van der Waals surface area contributed by atoms with Crippen molar-refractivity contribution < 1.29 is 4.39 Å². The van der Waals surface area contributed by atoms with Crippen molar-refractivity contribution in [3.63, 3.8) is 0 Å². The van der Waals surface area contributed by atoms with Crippen LogP contribution in [0.4, 0.5) is 10.2 Å². The molecule has 0 unspecified atom stereocenters. The Labute approximate surface area is 149 Å². The van der Waals surface area contributed by atoms with Crippen molar-refractivity contribution in [3.05, 3.63) is 71.1 Å². The number of nitrogen functional groups attached to an aromatic ring is 1. The molecule has 0 saturated carbocycles. The third-order valence-electron chi connectivity index (χ3n) is 4.30. The van der Waals surface area contributed by atoms with E-state index in [9.17, 15) is 4.39 Å². The molecule has 0 aliphatic carbocycles. The minimum atomic E-state index is -0.349. The van der Waals surface area contributed by atoms with Gasteiger partial charge in [0, 0.05) is 22.7 Å². The number of rotatable bonds is 2. The normalized spacial score (nSPS) is 11.2. The quantitative estimate of drug-likeness (QED) is 0.495. The Kier molecular flexibility index (Phi) is 3.70. The van der Waals surface area contributed by atoms with E-state index < -0.39 is 0 Å². The van der Waals surface area contributed by atoms with E-state index in [0.717, 1.165) is 27.6 Å². The molecule has 0 radical (unpaired) electrons. The maximum Gasteiger partial charge on any atom is 0.134 e. The number of benzene rings is 2. The Morgan fingerprint density at radius 1 is 1.12 bits per heavy atom. The number of aromatic nitrogens is 2. The number of aromatic amines is 1. The first kappa shape index (κ1) is 15.7. The van der Waals surface area contributed by atoms with Gasteiger partial charge in [-0.1, -0.05) is 23.7 Å². The molecular weight excluding hydrogens is 337 g/mol. The topological polar surface area (TPSA) is 54.7 Å². The predicted octanol–water partition coefficient (Wildman–Crippen LogP) is 5.58. The van der Waals surface area contributed by atoms with Crippen LogP contribution in [0.15, 0.2) is 54.7 Å². The van der Waals surface area contributed by atoms with Crippen molar-refractivity contribution >= 4 is 28.3 Å². The van der Waals surface area contributed by atoms with E-state index >= 15 is 0 Å². The van der Waals surface area contributed by atoms with Gasteiger partial charge >= 0.3 is 0 Å². The Morgan fingerprint density at radius 3 is 2.72 bits per heavy atom. The monoisotopic (exact) mass is 351 g/mol. The zero-order valence-corrected chi connectivity index (χ0v) is 14.2. The van der Waals surface area contributed by atoms with Crippen LogP contribution in [0.3, 0.4) is 0 Å². The maximum atomic E-state index is 14.2. The van der Waals surface area contributed by atoms with Crippen molar-refractivity contribution in [1.29, 1.82) is 0 Å². The molecule has 2 heterocycles. The summed E-state index contributed by atoms with van der Waals surface area (Å²) < 4.78 is 14.2. The first-order valence-electron chi connectivity index (χ1n) is 7.82. The summed E-state index contributed by atoms with van der Waals surface area (Å²) in [4.78, 5) is 7.41. The van der Waals surface area contributed by atoms with Crippen LogP contribution in [0.2, 0.25) is 5.02 Å². The van der Waals surface area contributed by atoms with Gasteiger partial charge < -0.3 is 10.7 Å². The molecule has 3 N–H and O–H groups in total. The fraction of sp³-hybridized carbons (Fsp3) is 0.0500. The lowest BCUT2D eigenvalue weighted by Crippen LogP contribution is -1.92. The van der Waals surface area contributed by atoms with Gasteiger partial charge in [0.05, 0.1) is 16.3 Å². The molecule has 4 aromatic rings. The summed E-state index contributed by atoms with van der Waals surface area (Å²) in [6.07, 6.45) is 1.77. The molecule has 2 aromatic carbocycles. The van der Waals surface area contributed by atoms with Crippen molar-refractivity contribution in [2.75, 3.05) is 5.73 Å². The summed E-state index contributed by atoms with van der Waals surface area (Å²) in [7, 11) is 0. The van der Waals surface area contributed by atoms with E-state index in [1.165, 1.54) is 6.07 Å². The molecule has 0 aliphatic rings. The van der Waals surface area contributed by atoms with E-state index in [0.29, 0.717) is 22.1 Å². The number of pyridine rings is 1. The van der Waals surface area contributed by atoms with Gasteiger partial charge in [0.2, 0.25) is 0 Å². The molecule has 0 aliphatic heterocycles. The maximum absolute atomic E-state index is 14.2. The molecule has 5 heteroatoms. The van der Waals surface area contributed by atoms with Crippen molar-refractivity contribution in [3.8, 4) is 22.4 Å². The zero-order chi connectivity index (χ0) is 17.6. The minimum absolute atomic E-state index is 0.349. The van der Waals surface area contributed by atoms with Gasteiger partial charge in [-0.05, 0) is 54.4 Å². The van der Waals surface area contributed by atoms with Crippen LogP contribution in [0.1, 0.15) is 5.56 Å². The highest BCUT2D eigenvalue weighted by Crippen LogP contribution is 2.34. The summed E-state index contributed by atoms with van der Waals surface area (Å²) in [5, 5.41) is 1.36. The number of anilines is 1. The highest BCUT2D eigenvalue weighted by Gasteiger charge is 2.13. The number of hydrogen-bond donors (Lipinski definition) is 2. The largest absolute Gasteiger partial charge is 0.384 e. The van der Waals surface area contributed by atoms with E-state index in [-0.39, 0.29) is 5.82 Å². The fourth-order valence-electron chi connectivity index (χ4n) is 3.07. The minimum Gasteiger partial charge on any atom is -0.384 e. The van der Waals surface area contributed by atoms with Gasteiger partial charge in [0.25, 0.3) is 0 Å². The Bertz CT molecular complexity index is 1080. The standard InChI is InChI=1S/C20H15ClFN3/c1-11-7-19(23)24-10-14(11)12-5-6-17-13(8-12)9-18(25-17)20-15(21)3-2-4-16(20)22/h2-10,25H,1H3,(H2,23,24). The summed E-state index contributed by atoms with van der Waals surface area (Å²) in [6.45, 7) is 2.00. The third kappa shape index (κ3) is 2.75. The summed E-state index contributed by atoms with van der Waals surface area (Å²) in [5.74, 6) is 0.151. The predicted molar refractivity (Wildman–Crippen MR) is 101 cm³/mol. The van der Waals surface area contributed by atoms with Gasteiger partial charge in [-0.15, -0.1) is 0 Å². The van der Waals surface area contributed by atoms with Crippen LogP contribution in [0, 0.1) is 12.7 Å². The van der Waals surface area contributed by atoms with Gasteiger partial charge in [0.1, 0.15) is 11.6 Å². The molecule has 0 bridgehead atoms. The SMILES string of the molecule is Cc1cc(N)ncc1-c1ccc2[nH]c(-c3c(F)cccc3Cl)cc2c1. The first-order chi connectivity index (χ1) is 12.0. The fourth-order valence-corrected chi connectivity index (χ4v) is 3.33. The third-order valence-corrected chi connectivity index (χ3v) is 4.61. The highest BCUT2D eigenvalue weighted by molar-refractivity contribution is 6.33. The van der Waals surface area contributed by atoms with Crippen LogP contribution >= 0.6 is 11.6 Å². The van der Waals surface area contributed by atoms with E-state index in [2.05, 4.69) is 9.97 Å². The van der Waals surface area contributed by atoms with Gasteiger partial charge in [-0.2, -0.15) is 0 Å². The lowest BCUT2D eigenvalue weighted by atomic mass is 10.0. The van der Waals surface area contributed by atoms with Crippen LogP contribution in [0.25, 0.3) is 33.3 Å². The summed E-state index contributed by atoms with van der Waals surface area (Å²) in [6, 6.07) is 14.5. The van der Waals surface area contributed by atoms with E-state index in [1.807, 2.05) is 37.3 Å². The number of aryl methyl sites for hydroxylation is 1. The highest BCUT2D eigenvalue weighted by atomic mass is 35.5. The van der Waals surface area contributed by atoms with Gasteiger partial charge in [-0.25, -0.2) is 9.37 Å². The number of nitrogens with one attached hydrogen (secondary N) is 1. The van der Waals surface area contributed by atoms with Crippen LogP contribution < -0.4 is 5.73 Å². The van der Waals surface area contributed by atoms with Crippen molar-refractivity contribution in [1.82, 2.24) is 9.97 Å². The average molecular weight is 352 g/mol. The second-order valence-electron chi connectivity index (χ2n) is 6.01. The molecule has 0 saturated heterocycles. The number of fused-ring (bicyclic) bond motifs is 1. The van der Waals surface area contributed by atoms with Crippen LogP contribution in [0.5, 0.6) is 0 Å². The zero-order valence-electron chi connectivity index (χ0n) is 13.5. The van der Waals surface area contributed by atoms with Gasteiger partial charge in [-0.3, -0.25) is 0 Å². The molecule has 4 rings (SSSR count). The van der Waals surface area contributed by atoms with Crippen molar-refractivity contribution in [2.24, 2.45) is 0 Å². The summed E-state index contributed by atoms with van der Waals surface area (Å²) in [5.41, 5.74) is 10.8. The number of halogens is 2.